The normalized spacial score (nSPS) is 47.7. The molecule has 1 heteroatoms. The van der Waals surface area contributed by atoms with E-state index in [0.29, 0.717) is 0 Å². The highest BCUT2D eigenvalue weighted by Crippen LogP contribution is 2.50. The Hall–Kier alpha value is -0.0400. The van der Waals surface area contributed by atoms with E-state index >= 15 is 0 Å². The van der Waals surface area contributed by atoms with Gasteiger partial charge in [-0.1, -0.05) is 6.42 Å². The average molecular weight is 154 g/mol. The van der Waals surface area contributed by atoms with E-state index in [-0.39, 0.29) is 11.2 Å². The van der Waals surface area contributed by atoms with Crippen LogP contribution in [0, 0.1) is 5.92 Å². The van der Waals surface area contributed by atoms with Gasteiger partial charge < -0.3 is 4.74 Å². The minimum Gasteiger partial charge on any atom is -0.369 e. The van der Waals surface area contributed by atoms with Crippen LogP contribution in [0.5, 0.6) is 0 Å². The van der Waals surface area contributed by atoms with Gasteiger partial charge in [0.05, 0.1) is 11.2 Å². The number of fused-ring (bicyclic) bond motifs is 2. The first kappa shape index (κ1) is 7.60. The summed E-state index contributed by atoms with van der Waals surface area (Å²) in [5, 5.41) is 0. The Labute approximate surface area is 69.1 Å². The lowest BCUT2D eigenvalue weighted by molar-refractivity contribution is -0.0785. The summed E-state index contributed by atoms with van der Waals surface area (Å²) in [5.74, 6) is 0.821. The minimum absolute atomic E-state index is 0.158. The first-order chi connectivity index (χ1) is 5.02. The lowest BCUT2D eigenvalue weighted by atomic mass is 9.77. The van der Waals surface area contributed by atoms with Crippen LogP contribution in [0.3, 0.4) is 0 Å². The van der Waals surface area contributed by atoms with Crippen LogP contribution in [0.4, 0.5) is 0 Å². The molecule has 11 heavy (non-hydrogen) atoms. The first-order valence-electron chi connectivity index (χ1n) is 4.72. The van der Waals surface area contributed by atoms with Crippen molar-refractivity contribution in [3.8, 4) is 0 Å². The van der Waals surface area contributed by atoms with E-state index in [1.165, 1.54) is 25.7 Å². The Balaban J connectivity index is 2.24. The van der Waals surface area contributed by atoms with Crippen molar-refractivity contribution in [2.45, 2.75) is 57.7 Å². The van der Waals surface area contributed by atoms with E-state index in [4.69, 9.17) is 4.74 Å². The molecule has 1 aliphatic heterocycles. The van der Waals surface area contributed by atoms with E-state index in [1.807, 2.05) is 0 Å². The summed E-state index contributed by atoms with van der Waals surface area (Å²) in [6.45, 7) is 6.76. The Bertz CT molecular complexity index is 171. The zero-order valence-corrected chi connectivity index (χ0v) is 7.81. The molecule has 1 aliphatic carbocycles. The molecule has 2 bridgehead atoms. The highest BCUT2D eigenvalue weighted by atomic mass is 16.5. The van der Waals surface area contributed by atoms with Crippen LogP contribution in [-0.4, -0.2) is 11.2 Å². The summed E-state index contributed by atoms with van der Waals surface area (Å²) in [6, 6.07) is 0. The van der Waals surface area contributed by atoms with Crippen LogP contribution < -0.4 is 0 Å². The average Bonchev–Trinajstić information content (AvgIpc) is 1.98. The van der Waals surface area contributed by atoms with Crippen LogP contribution in [0.1, 0.15) is 46.5 Å². The van der Waals surface area contributed by atoms with Gasteiger partial charge in [0, 0.05) is 0 Å². The second-order valence-corrected chi connectivity index (χ2v) is 4.95. The largest absolute Gasteiger partial charge is 0.369 e. The smallest absolute Gasteiger partial charge is 0.0665 e. The summed E-state index contributed by atoms with van der Waals surface area (Å²) in [5.41, 5.74) is 0.387. The molecule has 1 saturated heterocycles. The van der Waals surface area contributed by atoms with Gasteiger partial charge in [-0.25, -0.2) is 0 Å². The SMILES string of the molecule is CC12CCCC(C1)C(C)(C)O2. The topological polar surface area (TPSA) is 9.23 Å². The maximum absolute atomic E-state index is 6.06. The van der Waals surface area contributed by atoms with Gasteiger partial charge in [-0.05, 0) is 46.0 Å². The van der Waals surface area contributed by atoms with Crippen LogP contribution >= 0.6 is 0 Å². The van der Waals surface area contributed by atoms with E-state index < -0.39 is 0 Å². The lowest BCUT2D eigenvalue weighted by Crippen LogP contribution is -2.28. The molecule has 2 rings (SSSR count). The van der Waals surface area contributed by atoms with Crippen molar-refractivity contribution in [1.82, 2.24) is 0 Å². The van der Waals surface area contributed by atoms with E-state index in [2.05, 4.69) is 20.8 Å². The quantitative estimate of drug-likeness (QED) is 0.521. The molecule has 0 N–H and O–H groups in total. The van der Waals surface area contributed by atoms with Gasteiger partial charge in [-0.15, -0.1) is 0 Å². The third-order valence-electron chi connectivity index (χ3n) is 3.43. The molecule has 2 atom stereocenters. The lowest BCUT2D eigenvalue weighted by Gasteiger charge is -2.26. The van der Waals surface area contributed by atoms with Crippen molar-refractivity contribution < 1.29 is 4.74 Å². The maximum atomic E-state index is 6.06. The predicted molar refractivity (Wildman–Crippen MR) is 45.5 cm³/mol. The van der Waals surface area contributed by atoms with Crippen molar-refractivity contribution >= 4 is 0 Å². The molecule has 0 spiro atoms. The predicted octanol–water partition coefficient (Wildman–Crippen LogP) is 2.74. The van der Waals surface area contributed by atoms with Crippen molar-refractivity contribution in [2.75, 3.05) is 0 Å². The second kappa shape index (κ2) is 2.01. The van der Waals surface area contributed by atoms with E-state index in [9.17, 15) is 0 Å². The molecule has 2 fully saturated rings. The molecule has 64 valence electrons. The van der Waals surface area contributed by atoms with Crippen molar-refractivity contribution in [2.24, 2.45) is 5.92 Å². The van der Waals surface area contributed by atoms with Gasteiger partial charge in [-0.2, -0.15) is 0 Å². The van der Waals surface area contributed by atoms with E-state index in [1.54, 1.807) is 0 Å². The third kappa shape index (κ3) is 1.10. The first-order valence-corrected chi connectivity index (χ1v) is 4.72. The van der Waals surface area contributed by atoms with Gasteiger partial charge in [0.15, 0.2) is 0 Å². The van der Waals surface area contributed by atoms with Gasteiger partial charge >= 0.3 is 0 Å². The minimum atomic E-state index is 0.158. The molecule has 0 radical (unpaired) electrons. The summed E-state index contributed by atoms with van der Waals surface area (Å²) in [6.07, 6.45) is 5.31. The maximum Gasteiger partial charge on any atom is 0.0665 e. The molecule has 0 aromatic heterocycles. The monoisotopic (exact) mass is 154 g/mol. The highest BCUT2D eigenvalue weighted by Gasteiger charge is 2.50. The Kier molecular flexibility index (Phi) is 1.39. The summed E-state index contributed by atoms with van der Waals surface area (Å²) in [4.78, 5) is 0. The Morgan fingerprint density at radius 1 is 1.27 bits per heavy atom. The van der Waals surface area contributed by atoms with Crippen LogP contribution in [-0.2, 0) is 4.74 Å². The third-order valence-corrected chi connectivity index (χ3v) is 3.43. The molecule has 0 aromatic carbocycles. The highest BCUT2D eigenvalue weighted by molar-refractivity contribution is 4.99. The number of hydrogen-bond donors (Lipinski definition) is 0. The van der Waals surface area contributed by atoms with Crippen LogP contribution in [0.15, 0.2) is 0 Å². The summed E-state index contributed by atoms with van der Waals surface area (Å²) in [7, 11) is 0. The number of rotatable bonds is 0. The van der Waals surface area contributed by atoms with Gasteiger partial charge in [-0.3, -0.25) is 0 Å². The van der Waals surface area contributed by atoms with Crippen LogP contribution in [0.25, 0.3) is 0 Å². The molecule has 2 aliphatic rings. The fraction of sp³-hybridized carbons (Fsp3) is 1.00. The fourth-order valence-corrected chi connectivity index (χ4v) is 2.85. The van der Waals surface area contributed by atoms with E-state index in [0.717, 1.165) is 5.92 Å². The van der Waals surface area contributed by atoms with Gasteiger partial charge in [0.25, 0.3) is 0 Å². The van der Waals surface area contributed by atoms with Gasteiger partial charge in [0.1, 0.15) is 0 Å². The summed E-state index contributed by atoms with van der Waals surface area (Å²) < 4.78 is 6.06. The zero-order valence-electron chi connectivity index (χ0n) is 7.81. The Morgan fingerprint density at radius 3 is 2.55 bits per heavy atom. The molecule has 2 unspecified atom stereocenters. The van der Waals surface area contributed by atoms with Crippen LogP contribution in [0.2, 0.25) is 0 Å². The van der Waals surface area contributed by atoms with Gasteiger partial charge in [0.2, 0.25) is 0 Å². The molecule has 1 heterocycles. The fourth-order valence-electron chi connectivity index (χ4n) is 2.85. The zero-order chi connectivity index (χ0) is 8.11. The molecule has 0 amide bonds. The number of ether oxygens (including phenoxy) is 1. The molecule has 0 aromatic rings. The molecule has 1 saturated carbocycles. The van der Waals surface area contributed by atoms with Crippen molar-refractivity contribution in [3.05, 3.63) is 0 Å². The Morgan fingerprint density at radius 2 is 2.00 bits per heavy atom. The molecular formula is C10H18O. The molecule has 1 nitrogen and oxygen atoms in total. The second-order valence-electron chi connectivity index (χ2n) is 4.95. The summed E-state index contributed by atoms with van der Waals surface area (Å²) >= 11 is 0. The number of hydrogen-bond acceptors (Lipinski definition) is 1. The van der Waals surface area contributed by atoms with Crippen molar-refractivity contribution in [1.29, 1.82) is 0 Å². The standard InChI is InChI=1S/C10H18O/c1-9(2)8-5-4-6-10(3,7-8)11-9/h8H,4-7H2,1-3H3. The molecular weight excluding hydrogens is 136 g/mol. The van der Waals surface area contributed by atoms with Crippen molar-refractivity contribution in [3.63, 3.8) is 0 Å².